The Balaban J connectivity index is 1.75. The molecule has 1 aliphatic carbocycles. The van der Waals surface area contributed by atoms with Gasteiger partial charge in [-0.2, -0.15) is 0 Å². The van der Waals surface area contributed by atoms with E-state index in [0.717, 1.165) is 23.4 Å². The van der Waals surface area contributed by atoms with E-state index < -0.39 is 0 Å². The number of anilines is 2. The molecule has 1 heterocycles. The number of para-hydroxylation sites is 1. The van der Waals surface area contributed by atoms with Crippen molar-refractivity contribution in [3.05, 3.63) is 65.7 Å². The maximum atomic E-state index is 11.3. The molecule has 4 rings (SSSR count). The molecular formula is C20H20N2O2. The zero-order valence-corrected chi connectivity index (χ0v) is 13.5. The van der Waals surface area contributed by atoms with Crippen molar-refractivity contribution >= 4 is 17.3 Å². The largest absolute Gasteiger partial charge is 0.508 e. The molecule has 4 nitrogen and oxygen atoms in total. The molecule has 2 aromatic rings. The molecular weight excluding hydrogens is 300 g/mol. The molecule has 0 aromatic heterocycles. The molecule has 122 valence electrons. The van der Waals surface area contributed by atoms with E-state index >= 15 is 0 Å². The summed E-state index contributed by atoms with van der Waals surface area (Å²) in [5.41, 5.74) is 4.02. The van der Waals surface area contributed by atoms with Gasteiger partial charge < -0.3 is 15.7 Å². The molecule has 1 aliphatic heterocycles. The van der Waals surface area contributed by atoms with Crippen LogP contribution in [0.2, 0.25) is 0 Å². The first-order chi connectivity index (χ1) is 11.6. The number of phenolic OH excluding ortho intramolecular Hbond substituents is 1. The number of amides is 1. The number of hydrogen-bond acceptors (Lipinski definition) is 3. The van der Waals surface area contributed by atoms with Crippen molar-refractivity contribution < 1.29 is 9.90 Å². The summed E-state index contributed by atoms with van der Waals surface area (Å²) in [7, 11) is 0. The van der Waals surface area contributed by atoms with Crippen LogP contribution >= 0.6 is 0 Å². The number of carbonyl (C=O) groups excluding carboxylic acids is 1. The fourth-order valence-electron chi connectivity index (χ4n) is 3.93. The number of nitrogens with one attached hydrogen (secondary N) is 2. The smallest absolute Gasteiger partial charge is 0.221 e. The highest BCUT2D eigenvalue weighted by Gasteiger charge is 2.38. The lowest BCUT2D eigenvalue weighted by Gasteiger charge is -2.38. The number of benzene rings is 2. The minimum absolute atomic E-state index is 0.0654. The van der Waals surface area contributed by atoms with Gasteiger partial charge in [0.15, 0.2) is 0 Å². The predicted molar refractivity (Wildman–Crippen MR) is 95.2 cm³/mol. The first kappa shape index (κ1) is 14.8. The van der Waals surface area contributed by atoms with Crippen molar-refractivity contribution in [2.45, 2.75) is 25.3 Å². The average molecular weight is 320 g/mol. The standard InChI is InChI=1S/C20H20N2O2/c1-12(23)21-13-9-10-18-17(11-13)14-6-4-7-15(14)20(22-18)16-5-2-3-8-19(16)24/h2-6,8-11,14-15,20,22,24H,7H2,1H3,(H,21,23). The molecule has 0 saturated heterocycles. The summed E-state index contributed by atoms with van der Waals surface area (Å²) in [5, 5.41) is 16.7. The summed E-state index contributed by atoms with van der Waals surface area (Å²) < 4.78 is 0. The van der Waals surface area contributed by atoms with E-state index in [4.69, 9.17) is 0 Å². The summed E-state index contributed by atoms with van der Waals surface area (Å²) in [6, 6.07) is 13.6. The molecule has 3 N–H and O–H groups in total. The van der Waals surface area contributed by atoms with E-state index in [1.807, 2.05) is 30.3 Å². The molecule has 3 unspecified atom stereocenters. The van der Waals surface area contributed by atoms with Gasteiger partial charge in [0.25, 0.3) is 0 Å². The lowest BCUT2D eigenvalue weighted by molar-refractivity contribution is -0.114. The van der Waals surface area contributed by atoms with E-state index in [1.165, 1.54) is 12.5 Å². The zero-order chi connectivity index (χ0) is 16.7. The monoisotopic (exact) mass is 320 g/mol. The summed E-state index contributed by atoms with van der Waals surface area (Å²) in [6.07, 6.45) is 5.43. The van der Waals surface area contributed by atoms with E-state index in [-0.39, 0.29) is 11.9 Å². The highest BCUT2D eigenvalue weighted by molar-refractivity contribution is 5.89. The first-order valence-corrected chi connectivity index (χ1v) is 8.26. The quantitative estimate of drug-likeness (QED) is 0.728. The molecule has 3 atom stereocenters. The maximum Gasteiger partial charge on any atom is 0.221 e. The SMILES string of the molecule is CC(=O)Nc1ccc2c(c1)C1C=CCC1C(c1ccccc1O)N2. The summed E-state index contributed by atoms with van der Waals surface area (Å²) in [6.45, 7) is 1.52. The number of hydrogen-bond donors (Lipinski definition) is 3. The molecule has 0 spiro atoms. The van der Waals surface area contributed by atoms with Crippen LogP contribution in [0.25, 0.3) is 0 Å². The van der Waals surface area contributed by atoms with Crippen molar-refractivity contribution in [1.29, 1.82) is 0 Å². The Labute approximate surface area is 141 Å². The van der Waals surface area contributed by atoms with Gasteiger partial charge in [0.05, 0.1) is 6.04 Å². The number of aromatic hydroxyl groups is 1. The zero-order valence-electron chi connectivity index (χ0n) is 13.5. The molecule has 0 radical (unpaired) electrons. The Morgan fingerprint density at radius 2 is 2.04 bits per heavy atom. The topological polar surface area (TPSA) is 61.4 Å². The van der Waals surface area contributed by atoms with Gasteiger partial charge in [-0.25, -0.2) is 0 Å². The lowest BCUT2D eigenvalue weighted by Crippen LogP contribution is -2.29. The van der Waals surface area contributed by atoms with E-state index in [0.29, 0.717) is 17.6 Å². The van der Waals surface area contributed by atoms with Crippen LogP contribution < -0.4 is 10.6 Å². The first-order valence-electron chi connectivity index (χ1n) is 8.26. The van der Waals surface area contributed by atoms with Gasteiger partial charge in [0.1, 0.15) is 5.75 Å². The van der Waals surface area contributed by atoms with Gasteiger partial charge in [0, 0.05) is 29.8 Å². The molecule has 2 aromatic carbocycles. The molecule has 4 heteroatoms. The summed E-state index contributed by atoms with van der Waals surface area (Å²) in [5.74, 6) is 0.918. The van der Waals surface area contributed by atoms with Crippen molar-refractivity contribution in [3.63, 3.8) is 0 Å². The van der Waals surface area contributed by atoms with Crippen LogP contribution in [-0.4, -0.2) is 11.0 Å². The van der Waals surface area contributed by atoms with Gasteiger partial charge in [-0.15, -0.1) is 0 Å². The molecule has 0 bridgehead atoms. The third-order valence-corrected chi connectivity index (χ3v) is 4.95. The van der Waals surface area contributed by atoms with Crippen molar-refractivity contribution in [2.75, 3.05) is 10.6 Å². The molecule has 0 saturated carbocycles. The van der Waals surface area contributed by atoms with Crippen LogP contribution in [0, 0.1) is 5.92 Å². The van der Waals surface area contributed by atoms with Gasteiger partial charge in [-0.3, -0.25) is 4.79 Å². The van der Waals surface area contributed by atoms with Crippen LogP contribution in [0.1, 0.15) is 36.4 Å². The van der Waals surface area contributed by atoms with Gasteiger partial charge in [-0.05, 0) is 42.2 Å². The fraction of sp³-hybridized carbons (Fsp3) is 0.250. The van der Waals surface area contributed by atoms with E-state index in [1.54, 1.807) is 6.07 Å². The lowest BCUT2D eigenvalue weighted by atomic mass is 9.76. The maximum absolute atomic E-state index is 11.3. The Morgan fingerprint density at radius 3 is 2.83 bits per heavy atom. The third-order valence-electron chi connectivity index (χ3n) is 4.95. The average Bonchev–Trinajstić information content (AvgIpc) is 3.04. The minimum atomic E-state index is -0.0654. The highest BCUT2D eigenvalue weighted by Crippen LogP contribution is 2.51. The Kier molecular flexibility index (Phi) is 3.53. The second-order valence-corrected chi connectivity index (χ2v) is 6.52. The Bertz CT molecular complexity index is 828. The highest BCUT2D eigenvalue weighted by atomic mass is 16.3. The number of carbonyl (C=O) groups is 1. The second-order valence-electron chi connectivity index (χ2n) is 6.52. The van der Waals surface area contributed by atoms with E-state index in [9.17, 15) is 9.90 Å². The fourth-order valence-corrected chi connectivity index (χ4v) is 3.93. The molecule has 0 fully saturated rings. The van der Waals surface area contributed by atoms with Gasteiger partial charge in [-0.1, -0.05) is 30.4 Å². The van der Waals surface area contributed by atoms with Crippen molar-refractivity contribution in [3.8, 4) is 5.75 Å². The number of allylic oxidation sites excluding steroid dienone is 2. The van der Waals surface area contributed by atoms with Gasteiger partial charge in [0.2, 0.25) is 5.91 Å². The molecule has 24 heavy (non-hydrogen) atoms. The third kappa shape index (κ3) is 2.44. The predicted octanol–water partition coefficient (Wildman–Crippen LogP) is 4.18. The van der Waals surface area contributed by atoms with Crippen molar-refractivity contribution in [2.24, 2.45) is 5.92 Å². The molecule has 1 amide bonds. The van der Waals surface area contributed by atoms with Crippen LogP contribution in [0.15, 0.2) is 54.6 Å². The van der Waals surface area contributed by atoms with Gasteiger partial charge >= 0.3 is 0 Å². The minimum Gasteiger partial charge on any atom is -0.508 e. The van der Waals surface area contributed by atoms with Crippen LogP contribution in [-0.2, 0) is 4.79 Å². The van der Waals surface area contributed by atoms with Crippen molar-refractivity contribution in [1.82, 2.24) is 0 Å². The summed E-state index contributed by atoms with van der Waals surface area (Å²) >= 11 is 0. The summed E-state index contributed by atoms with van der Waals surface area (Å²) in [4.78, 5) is 11.3. The Morgan fingerprint density at radius 1 is 1.21 bits per heavy atom. The number of rotatable bonds is 2. The second kappa shape index (κ2) is 5.71. The Hall–Kier alpha value is -2.75. The van der Waals surface area contributed by atoms with Crippen LogP contribution in [0.3, 0.4) is 0 Å². The van der Waals surface area contributed by atoms with Crippen LogP contribution in [0.4, 0.5) is 11.4 Å². The molecule has 2 aliphatic rings. The number of phenols is 1. The van der Waals surface area contributed by atoms with Crippen LogP contribution in [0.5, 0.6) is 5.75 Å². The van der Waals surface area contributed by atoms with E-state index in [2.05, 4.69) is 28.9 Å². The normalized spacial score (nSPS) is 24.0. The number of fused-ring (bicyclic) bond motifs is 3.